The molecule has 1 aliphatic heterocycles. The lowest BCUT2D eigenvalue weighted by molar-refractivity contribution is 0.0683. The van der Waals surface area contributed by atoms with E-state index in [-0.39, 0.29) is 18.3 Å². The molecule has 2 rings (SSSR count). The Morgan fingerprint density at radius 3 is 2.62 bits per heavy atom. The second-order valence-electron chi connectivity index (χ2n) is 6.21. The second kappa shape index (κ2) is 8.44. The minimum Gasteiger partial charge on any atom is -0.467 e. The summed E-state index contributed by atoms with van der Waals surface area (Å²) < 4.78 is 5.24. The summed E-state index contributed by atoms with van der Waals surface area (Å²) in [6.07, 6.45) is 6.36. The van der Waals surface area contributed by atoms with E-state index in [0.29, 0.717) is 17.9 Å². The topological polar surface area (TPSA) is 59.5 Å². The number of carbonyl (C=O) groups is 1. The number of furan rings is 1. The fraction of sp³-hybridized carbons (Fsp3) is 0.688. The van der Waals surface area contributed by atoms with Gasteiger partial charge in [0.15, 0.2) is 0 Å². The van der Waals surface area contributed by atoms with Crippen LogP contribution in [0, 0.1) is 11.8 Å². The lowest BCUT2D eigenvalue weighted by Crippen LogP contribution is -2.38. The molecule has 120 valence electrons. The van der Waals surface area contributed by atoms with Crippen molar-refractivity contribution in [1.29, 1.82) is 0 Å². The molecule has 21 heavy (non-hydrogen) atoms. The van der Waals surface area contributed by atoms with Gasteiger partial charge in [0.1, 0.15) is 12.0 Å². The van der Waals surface area contributed by atoms with E-state index >= 15 is 0 Å². The van der Waals surface area contributed by atoms with Crippen molar-refractivity contribution < 1.29 is 9.21 Å². The van der Waals surface area contributed by atoms with Crippen LogP contribution in [0.1, 0.15) is 55.6 Å². The Morgan fingerprint density at radius 1 is 1.43 bits per heavy atom. The minimum absolute atomic E-state index is 0. The van der Waals surface area contributed by atoms with Crippen LogP contribution in [-0.2, 0) is 6.54 Å². The minimum atomic E-state index is 0. The van der Waals surface area contributed by atoms with Crippen LogP contribution in [0.15, 0.2) is 16.7 Å². The number of nitrogens with zero attached hydrogens (tertiary/aromatic N) is 1. The van der Waals surface area contributed by atoms with Crippen molar-refractivity contribution >= 4 is 18.3 Å². The standard InChI is InChI=1S/C16H26N2O2.ClH/c1-12(2)3-4-13-5-7-18(8-6-13)16(19)14-9-15(10-17)20-11-14;/h9,11-13H,3-8,10,17H2,1-2H3;1H. The van der Waals surface area contributed by atoms with Gasteiger partial charge < -0.3 is 15.1 Å². The van der Waals surface area contributed by atoms with E-state index in [1.807, 2.05) is 4.90 Å². The molecular weight excluding hydrogens is 288 g/mol. The number of likely N-dealkylation sites (tertiary alicyclic amines) is 1. The molecule has 0 bridgehead atoms. The molecule has 1 fully saturated rings. The monoisotopic (exact) mass is 314 g/mol. The summed E-state index contributed by atoms with van der Waals surface area (Å²) in [6.45, 7) is 6.61. The Balaban J connectivity index is 0.00000220. The number of amides is 1. The molecule has 2 N–H and O–H groups in total. The normalized spacial score (nSPS) is 16.1. The Labute approximate surface area is 133 Å². The molecule has 2 heterocycles. The number of rotatable bonds is 5. The van der Waals surface area contributed by atoms with E-state index in [1.165, 1.54) is 19.1 Å². The van der Waals surface area contributed by atoms with Crippen LogP contribution < -0.4 is 5.73 Å². The van der Waals surface area contributed by atoms with Gasteiger partial charge in [-0.1, -0.05) is 26.7 Å². The lowest BCUT2D eigenvalue weighted by Gasteiger charge is -2.32. The Hall–Kier alpha value is -1.00. The molecule has 5 heteroatoms. The zero-order chi connectivity index (χ0) is 14.5. The van der Waals surface area contributed by atoms with Gasteiger partial charge >= 0.3 is 0 Å². The van der Waals surface area contributed by atoms with Crippen molar-refractivity contribution in [1.82, 2.24) is 4.90 Å². The number of hydrogen-bond acceptors (Lipinski definition) is 3. The first kappa shape index (κ1) is 18.1. The van der Waals surface area contributed by atoms with Gasteiger partial charge in [-0.2, -0.15) is 0 Å². The first-order valence-corrected chi connectivity index (χ1v) is 7.67. The molecule has 0 atom stereocenters. The molecule has 0 unspecified atom stereocenters. The highest BCUT2D eigenvalue weighted by atomic mass is 35.5. The molecule has 0 aliphatic carbocycles. The average Bonchev–Trinajstić information content (AvgIpc) is 2.94. The summed E-state index contributed by atoms with van der Waals surface area (Å²) in [7, 11) is 0. The van der Waals surface area contributed by atoms with Gasteiger partial charge in [0, 0.05) is 13.1 Å². The predicted molar refractivity (Wildman–Crippen MR) is 86.5 cm³/mol. The van der Waals surface area contributed by atoms with Crippen molar-refractivity contribution in [2.24, 2.45) is 17.6 Å². The maximum atomic E-state index is 12.3. The summed E-state index contributed by atoms with van der Waals surface area (Å²) in [4.78, 5) is 14.3. The largest absolute Gasteiger partial charge is 0.467 e. The fourth-order valence-corrected chi connectivity index (χ4v) is 2.78. The maximum absolute atomic E-state index is 12.3. The van der Waals surface area contributed by atoms with Gasteiger partial charge in [0.05, 0.1) is 12.1 Å². The van der Waals surface area contributed by atoms with E-state index in [0.717, 1.165) is 37.8 Å². The van der Waals surface area contributed by atoms with Gasteiger partial charge in [-0.05, 0) is 30.7 Å². The summed E-state index contributed by atoms with van der Waals surface area (Å²) in [6, 6.07) is 1.76. The average molecular weight is 315 g/mol. The van der Waals surface area contributed by atoms with Crippen LogP contribution in [0.3, 0.4) is 0 Å². The van der Waals surface area contributed by atoms with E-state index in [9.17, 15) is 4.79 Å². The zero-order valence-electron chi connectivity index (χ0n) is 13.0. The highest BCUT2D eigenvalue weighted by molar-refractivity contribution is 5.94. The second-order valence-corrected chi connectivity index (χ2v) is 6.21. The van der Waals surface area contributed by atoms with Crippen LogP contribution in [0.25, 0.3) is 0 Å². The van der Waals surface area contributed by atoms with Gasteiger partial charge in [0.2, 0.25) is 0 Å². The third kappa shape index (κ3) is 5.04. The number of nitrogens with two attached hydrogens (primary N) is 1. The van der Waals surface area contributed by atoms with Crippen molar-refractivity contribution in [3.63, 3.8) is 0 Å². The molecule has 1 aromatic heterocycles. The molecule has 0 aromatic carbocycles. The molecule has 0 radical (unpaired) electrons. The van der Waals surface area contributed by atoms with E-state index < -0.39 is 0 Å². The highest BCUT2D eigenvalue weighted by Gasteiger charge is 2.24. The molecule has 1 saturated heterocycles. The van der Waals surface area contributed by atoms with Gasteiger partial charge in [-0.25, -0.2) is 0 Å². The molecular formula is C16H27ClN2O2. The van der Waals surface area contributed by atoms with Crippen LogP contribution in [0.2, 0.25) is 0 Å². The third-order valence-electron chi connectivity index (χ3n) is 4.16. The summed E-state index contributed by atoms with van der Waals surface area (Å²) >= 11 is 0. The fourth-order valence-electron chi connectivity index (χ4n) is 2.78. The van der Waals surface area contributed by atoms with Crippen molar-refractivity contribution in [2.75, 3.05) is 13.1 Å². The van der Waals surface area contributed by atoms with Crippen molar-refractivity contribution in [3.05, 3.63) is 23.7 Å². The van der Waals surface area contributed by atoms with Crippen LogP contribution in [0.4, 0.5) is 0 Å². The van der Waals surface area contributed by atoms with Crippen LogP contribution in [-0.4, -0.2) is 23.9 Å². The predicted octanol–water partition coefficient (Wildman–Crippen LogP) is 3.45. The molecule has 0 spiro atoms. The summed E-state index contributed by atoms with van der Waals surface area (Å²) in [5, 5.41) is 0. The SMILES string of the molecule is CC(C)CCC1CCN(C(=O)c2coc(CN)c2)CC1.Cl. The Kier molecular flexibility index (Phi) is 7.26. The Bertz CT molecular complexity index is 437. The van der Waals surface area contributed by atoms with Crippen molar-refractivity contribution in [2.45, 2.75) is 46.1 Å². The number of hydrogen-bond donors (Lipinski definition) is 1. The first-order chi connectivity index (χ1) is 9.60. The molecule has 4 nitrogen and oxygen atoms in total. The maximum Gasteiger partial charge on any atom is 0.257 e. The third-order valence-corrected chi connectivity index (χ3v) is 4.16. The highest BCUT2D eigenvalue weighted by Crippen LogP contribution is 2.25. The molecule has 0 saturated carbocycles. The van der Waals surface area contributed by atoms with E-state index in [1.54, 1.807) is 6.07 Å². The van der Waals surface area contributed by atoms with Gasteiger partial charge in [-0.15, -0.1) is 12.4 Å². The Morgan fingerprint density at radius 2 is 2.10 bits per heavy atom. The quantitative estimate of drug-likeness (QED) is 0.905. The number of carbonyl (C=O) groups excluding carboxylic acids is 1. The zero-order valence-corrected chi connectivity index (χ0v) is 13.8. The van der Waals surface area contributed by atoms with Gasteiger partial charge in [-0.3, -0.25) is 4.79 Å². The summed E-state index contributed by atoms with van der Waals surface area (Å²) in [5.41, 5.74) is 6.13. The van der Waals surface area contributed by atoms with Crippen LogP contribution >= 0.6 is 12.4 Å². The van der Waals surface area contributed by atoms with E-state index in [2.05, 4.69) is 13.8 Å². The van der Waals surface area contributed by atoms with Crippen LogP contribution in [0.5, 0.6) is 0 Å². The smallest absolute Gasteiger partial charge is 0.257 e. The number of halogens is 1. The molecule has 1 aliphatic rings. The van der Waals surface area contributed by atoms with Crippen molar-refractivity contribution in [3.8, 4) is 0 Å². The van der Waals surface area contributed by atoms with Gasteiger partial charge in [0.25, 0.3) is 5.91 Å². The number of piperidine rings is 1. The summed E-state index contributed by atoms with van der Waals surface area (Å²) in [5.74, 6) is 2.30. The van der Waals surface area contributed by atoms with E-state index in [4.69, 9.17) is 10.2 Å². The first-order valence-electron chi connectivity index (χ1n) is 7.67. The molecule has 1 aromatic rings. The molecule has 1 amide bonds. The lowest BCUT2D eigenvalue weighted by atomic mass is 9.89.